The van der Waals surface area contributed by atoms with Crippen LogP contribution in [0.3, 0.4) is 0 Å². The van der Waals surface area contributed by atoms with E-state index in [0.717, 1.165) is 25.9 Å². The number of carbonyl (C=O) groups is 2. The number of carboxylic acid groups (broad SMARTS) is 1. The van der Waals surface area contributed by atoms with Crippen molar-refractivity contribution in [3.05, 3.63) is 0 Å². The highest BCUT2D eigenvalue weighted by molar-refractivity contribution is 5.77. The summed E-state index contributed by atoms with van der Waals surface area (Å²) in [5.74, 6) is -1.00. The number of nitrogens with zero attached hydrogens (tertiary/aromatic N) is 2. The molecule has 2 saturated heterocycles. The number of ether oxygens (including phenoxy) is 1. The third-order valence-corrected chi connectivity index (χ3v) is 4.00. The Bertz CT molecular complexity index is 360. The van der Waals surface area contributed by atoms with Gasteiger partial charge >= 0.3 is 12.0 Å². The number of urea groups is 1. The third-order valence-electron chi connectivity index (χ3n) is 4.00. The first-order valence-electron chi connectivity index (χ1n) is 6.77. The number of morpholine rings is 1. The van der Waals surface area contributed by atoms with Crippen molar-refractivity contribution >= 4 is 12.0 Å². The van der Waals surface area contributed by atoms with Gasteiger partial charge in [-0.05, 0) is 18.3 Å². The smallest absolute Gasteiger partial charge is 0.334 e. The molecular formula is C13H22N2O4. The van der Waals surface area contributed by atoms with E-state index in [1.807, 2.05) is 4.90 Å². The van der Waals surface area contributed by atoms with Gasteiger partial charge in [-0.1, -0.05) is 13.8 Å². The molecule has 0 aliphatic carbocycles. The molecule has 1 N–H and O–H groups in total. The Balaban J connectivity index is 1.91. The Kier molecular flexibility index (Phi) is 3.99. The molecule has 0 saturated carbocycles. The lowest BCUT2D eigenvalue weighted by atomic mass is 9.83. The lowest BCUT2D eigenvalue weighted by Crippen LogP contribution is -2.54. The first-order chi connectivity index (χ1) is 8.89. The summed E-state index contributed by atoms with van der Waals surface area (Å²) in [6.07, 6.45) is 1.09. The average molecular weight is 270 g/mol. The fraction of sp³-hybridized carbons (Fsp3) is 0.846. The fourth-order valence-electron chi connectivity index (χ4n) is 2.48. The maximum atomic E-state index is 12.3. The Morgan fingerprint density at radius 2 is 1.79 bits per heavy atom. The highest BCUT2D eigenvalue weighted by atomic mass is 16.5. The Hall–Kier alpha value is -1.30. The van der Waals surface area contributed by atoms with Gasteiger partial charge in [-0.2, -0.15) is 0 Å². The van der Waals surface area contributed by atoms with Crippen molar-refractivity contribution in [2.75, 3.05) is 32.8 Å². The van der Waals surface area contributed by atoms with Crippen LogP contribution in [-0.4, -0.2) is 65.8 Å². The van der Waals surface area contributed by atoms with Crippen LogP contribution in [0.25, 0.3) is 0 Å². The highest BCUT2D eigenvalue weighted by Crippen LogP contribution is 2.30. The number of aliphatic carboxylic acids is 1. The number of rotatable bonds is 1. The van der Waals surface area contributed by atoms with Crippen LogP contribution in [0.1, 0.15) is 26.7 Å². The minimum Gasteiger partial charge on any atom is -0.479 e. The Labute approximate surface area is 113 Å². The topological polar surface area (TPSA) is 70.1 Å². The lowest BCUT2D eigenvalue weighted by Gasteiger charge is -2.40. The average Bonchev–Trinajstić information content (AvgIpc) is 2.38. The van der Waals surface area contributed by atoms with Gasteiger partial charge in [0.05, 0.1) is 13.2 Å². The van der Waals surface area contributed by atoms with Crippen molar-refractivity contribution in [3.8, 4) is 0 Å². The molecule has 0 aromatic carbocycles. The number of hydrogen-bond donors (Lipinski definition) is 1. The monoisotopic (exact) mass is 270 g/mol. The molecule has 2 fully saturated rings. The zero-order valence-electron chi connectivity index (χ0n) is 11.6. The zero-order chi connectivity index (χ0) is 14.0. The van der Waals surface area contributed by atoms with Crippen molar-refractivity contribution in [3.63, 3.8) is 0 Å². The molecule has 0 spiro atoms. The Morgan fingerprint density at radius 3 is 2.37 bits per heavy atom. The van der Waals surface area contributed by atoms with Crippen LogP contribution in [0.15, 0.2) is 0 Å². The highest BCUT2D eigenvalue weighted by Gasteiger charge is 2.34. The van der Waals surface area contributed by atoms with Crippen LogP contribution in [0.5, 0.6) is 0 Å². The van der Waals surface area contributed by atoms with E-state index in [0.29, 0.717) is 18.6 Å². The molecule has 19 heavy (non-hydrogen) atoms. The maximum absolute atomic E-state index is 12.3. The van der Waals surface area contributed by atoms with Gasteiger partial charge in [0.1, 0.15) is 0 Å². The quantitative estimate of drug-likeness (QED) is 0.772. The van der Waals surface area contributed by atoms with Crippen molar-refractivity contribution in [1.29, 1.82) is 0 Å². The molecule has 1 unspecified atom stereocenters. The van der Waals surface area contributed by atoms with Gasteiger partial charge in [0.15, 0.2) is 6.10 Å². The summed E-state index contributed by atoms with van der Waals surface area (Å²) < 4.78 is 5.13. The molecule has 6 heteroatoms. The summed E-state index contributed by atoms with van der Waals surface area (Å²) in [4.78, 5) is 26.7. The summed E-state index contributed by atoms with van der Waals surface area (Å²) in [5.41, 5.74) is 0.297. The molecule has 2 aliphatic heterocycles. The number of carbonyl (C=O) groups excluding carboxylic acids is 1. The molecule has 2 heterocycles. The normalized spacial score (nSPS) is 27.2. The van der Waals surface area contributed by atoms with E-state index in [1.165, 1.54) is 0 Å². The zero-order valence-corrected chi connectivity index (χ0v) is 11.6. The number of carboxylic acids is 1. The number of hydrogen-bond acceptors (Lipinski definition) is 3. The minimum absolute atomic E-state index is 0.0509. The number of amides is 2. The van der Waals surface area contributed by atoms with Gasteiger partial charge in [-0.25, -0.2) is 9.59 Å². The third kappa shape index (κ3) is 3.37. The summed E-state index contributed by atoms with van der Waals surface area (Å²) in [7, 11) is 0. The molecule has 2 amide bonds. The van der Waals surface area contributed by atoms with Gasteiger partial charge in [-0.15, -0.1) is 0 Å². The predicted octanol–water partition coefficient (Wildman–Crippen LogP) is 1.01. The van der Waals surface area contributed by atoms with E-state index < -0.39 is 12.1 Å². The molecule has 0 aromatic heterocycles. The summed E-state index contributed by atoms with van der Waals surface area (Å²) >= 11 is 0. The van der Waals surface area contributed by atoms with Gasteiger partial charge in [-0.3, -0.25) is 0 Å². The second-order valence-electron chi connectivity index (χ2n) is 6.08. The van der Waals surface area contributed by atoms with Gasteiger partial charge in [0.2, 0.25) is 0 Å². The van der Waals surface area contributed by atoms with Crippen molar-refractivity contribution in [2.24, 2.45) is 5.41 Å². The molecular weight excluding hydrogens is 248 g/mol. The summed E-state index contributed by atoms with van der Waals surface area (Å²) in [6, 6.07) is -0.0509. The lowest BCUT2D eigenvalue weighted by molar-refractivity contribution is -0.154. The Morgan fingerprint density at radius 1 is 1.16 bits per heavy atom. The van der Waals surface area contributed by atoms with E-state index >= 15 is 0 Å². The van der Waals surface area contributed by atoms with E-state index in [9.17, 15) is 9.59 Å². The maximum Gasteiger partial charge on any atom is 0.334 e. The SMILES string of the molecule is CC1(C)CCN(C(=O)N2CCOC(C(=O)O)C2)CC1. The van der Waals surface area contributed by atoms with Gasteiger partial charge in [0, 0.05) is 19.6 Å². The largest absolute Gasteiger partial charge is 0.479 e. The standard InChI is InChI=1S/C13H22N2O4/c1-13(2)3-5-14(6-4-13)12(18)15-7-8-19-10(9-15)11(16)17/h10H,3-9H2,1-2H3,(H,16,17). The summed E-state index contributed by atoms with van der Waals surface area (Å²) in [5, 5.41) is 8.94. The molecule has 108 valence electrons. The molecule has 1 atom stereocenters. The van der Waals surface area contributed by atoms with Crippen LogP contribution in [0, 0.1) is 5.41 Å². The van der Waals surface area contributed by atoms with Crippen molar-refractivity contribution in [2.45, 2.75) is 32.8 Å². The van der Waals surface area contributed by atoms with Crippen molar-refractivity contribution < 1.29 is 19.4 Å². The van der Waals surface area contributed by atoms with Crippen molar-refractivity contribution in [1.82, 2.24) is 9.80 Å². The van der Waals surface area contributed by atoms with Gasteiger partial charge in [0.25, 0.3) is 0 Å². The molecule has 2 rings (SSSR count). The minimum atomic E-state index is -1.00. The molecule has 0 bridgehead atoms. The summed E-state index contributed by atoms with van der Waals surface area (Å²) in [6.45, 7) is 6.84. The molecule has 2 aliphatic rings. The van der Waals surface area contributed by atoms with E-state index in [4.69, 9.17) is 9.84 Å². The first kappa shape index (κ1) is 14.1. The van der Waals surface area contributed by atoms with Gasteiger partial charge < -0.3 is 19.6 Å². The van der Waals surface area contributed by atoms with Crippen LogP contribution >= 0.6 is 0 Å². The van der Waals surface area contributed by atoms with Crippen LogP contribution in [0.2, 0.25) is 0 Å². The van der Waals surface area contributed by atoms with Crippen LogP contribution in [-0.2, 0) is 9.53 Å². The molecule has 6 nitrogen and oxygen atoms in total. The first-order valence-corrected chi connectivity index (χ1v) is 6.77. The number of likely N-dealkylation sites (tertiary alicyclic amines) is 1. The number of piperidine rings is 1. The van der Waals surface area contributed by atoms with E-state index in [2.05, 4.69) is 13.8 Å². The van der Waals surface area contributed by atoms with E-state index in [-0.39, 0.29) is 12.6 Å². The second-order valence-corrected chi connectivity index (χ2v) is 6.08. The fourth-order valence-corrected chi connectivity index (χ4v) is 2.48. The molecule has 0 aromatic rings. The van der Waals surface area contributed by atoms with E-state index in [1.54, 1.807) is 4.90 Å². The van der Waals surface area contributed by atoms with Crippen LogP contribution < -0.4 is 0 Å². The second kappa shape index (κ2) is 5.36. The molecule has 0 radical (unpaired) electrons. The predicted molar refractivity (Wildman–Crippen MR) is 68.9 cm³/mol. The van der Waals surface area contributed by atoms with Crippen LogP contribution in [0.4, 0.5) is 4.79 Å².